The minimum atomic E-state index is -3.42. The second-order valence-electron chi connectivity index (χ2n) is 5.65. The molecule has 2 aromatic carbocycles. The number of hydrogen-bond acceptors (Lipinski definition) is 2. The molecule has 21 heavy (non-hydrogen) atoms. The maximum Gasteiger partial charge on any atom is 0.243 e. The maximum atomic E-state index is 13.1. The zero-order chi connectivity index (χ0) is 14.9. The van der Waals surface area contributed by atoms with E-state index in [4.69, 9.17) is 0 Å². The molecule has 2 aromatic rings. The smallest absolute Gasteiger partial charge is 0.207 e. The predicted octanol–water partition coefficient (Wildman–Crippen LogP) is 3.79. The second kappa shape index (κ2) is 5.78. The molecule has 1 saturated heterocycles. The van der Waals surface area contributed by atoms with Gasteiger partial charge in [-0.25, -0.2) is 8.42 Å². The quantitative estimate of drug-likeness (QED) is 0.865. The number of benzene rings is 2. The lowest BCUT2D eigenvalue weighted by atomic mass is 10.0. The molecule has 1 fully saturated rings. The Morgan fingerprint density at radius 3 is 2.67 bits per heavy atom. The van der Waals surface area contributed by atoms with Crippen molar-refractivity contribution in [2.45, 2.75) is 43.5 Å². The molecule has 0 aromatic heterocycles. The molecule has 3 nitrogen and oxygen atoms in total. The van der Waals surface area contributed by atoms with E-state index >= 15 is 0 Å². The van der Waals surface area contributed by atoms with E-state index < -0.39 is 10.0 Å². The van der Waals surface area contributed by atoms with Gasteiger partial charge in [0.1, 0.15) is 0 Å². The van der Waals surface area contributed by atoms with Crippen molar-refractivity contribution in [1.82, 2.24) is 4.31 Å². The summed E-state index contributed by atoms with van der Waals surface area (Å²) in [5.41, 5.74) is 0. The Morgan fingerprint density at radius 1 is 1.10 bits per heavy atom. The zero-order valence-electron chi connectivity index (χ0n) is 12.3. The van der Waals surface area contributed by atoms with E-state index in [-0.39, 0.29) is 6.04 Å². The highest BCUT2D eigenvalue weighted by atomic mass is 32.2. The topological polar surface area (TPSA) is 37.4 Å². The second-order valence-corrected chi connectivity index (χ2v) is 7.51. The standard InChI is InChI=1S/C17H21NO2S/c1-2-15-10-5-6-13-18(15)21(19,20)17-12-7-9-14-8-3-4-11-16(14)17/h3-4,7-9,11-12,15H,2,5-6,10,13H2,1H3/t15-/m0/s1. The largest absolute Gasteiger partial charge is 0.243 e. The summed E-state index contributed by atoms with van der Waals surface area (Å²) in [4.78, 5) is 0.445. The third-order valence-corrected chi connectivity index (χ3v) is 6.39. The van der Waals surface area contributed by atoms with Crippen molar-refractivity contribution in [3.05, 3.63) is 42.5 Å². The number of sulfonamides is 1. The van der Waals surface area contributed by atoms with Crippen molar-refractivity contribution in [1.29, 1.82) is 0 Å². The van der Waals surface area contributed by atoms with Gasteiger partial charge in [-0.2, -0.15) is 4.31 Å². The van der Waals surface area contributed by atoms with Crippen LogP contribution in [0.25, 0.3) is 10.8 Å². The Labute approximate surface area is 126 Å². The van der Waals surface area contributed by atoms with Crippen LogP contribution in [0.5, 0.6) is 0 Å². The molecule has 1 aliphatic heterocycles. The van der Waals surface area contributed by atoms with E-state index in [0.29, 0.717) is 11.4 Å². The van der Waals surface area contributed by atoms with Crippen LogP contribution in [0, 0.1) is 0 Å². The van der Waals surface area contributed by atoms with E-state index in [1.165, 1.54) is 0 Å². The Balaban J connectivity index is 2.12. The van der Waals surface area contributed by atoms with Gasteiger partial charge >= 0.3 is 0 Å². The molecule has 1 atom stereocenters. The molecular formula is C17H21NO2S. The van der Waals surface area contributed by atoms with E-state index in [1.54, 1.807) is 10.4 Å². The first-order valence-electron chi connectivity index (χ1n) is 7.64. The van der Waals surface area contributed by atoms with Gasteiger partial charge in [0, 0.05) is 18.0 Å². The fourth-order valence-corrected chi connectivity index (χ4v) is 5.23. The van der Waals surface area contributed by atoms with Crippen LogP contribution in [-0.2, 0) is 10.0 Å². The minimum Gasteiger partial charge on any atom is -0.207 e. The lowest BCUT2D eigenvalue weighted by Crippen LogP contribution is -2.43. The Kier molecular flexibility index (Phi) is 4.00. The molecule has 0 spiro atoms. The van der Waals surface area contributed by atoms with Crippen molar-refractivity contribution < 1.29 is 8.42 Å². The first-order chi connectivity index (χ1) is 10.1. The molecule has 0 unspecified atom stereocenters. The molecule has 0 N–H and O–H groups in total. The average Bonchev–Trinajstić information content (AvgIpc) is 2.54. The number of piperidine rings is 1. The fraction of sp³-hybridized carbons (Fsp3) is 0.412. The first kappa shape index (κ1) is 14.5. The van der Waals surface area contributed by atoms with E-state index in [9.17, 15) is 8.42 Å². The Morgan fingerprint density at radius 2 is 1.86 bits per heavy atom. The summed E-state index contributed by atoms with van der Waals surface area (Å²) in [6, 6.07) is 13.4. The van der Waals surface area contributed by atoms with Crippen molar-refractivity contribution in [3.8, 4) is 0 Å². The molecule has 0 aliphatic carbocycles. The van der Waals surface area contributed by atoms with Crippen molar-refractivity contribution in [2.24, 2.45) is 0 Å². The number of fused-ring (bicyclic) bond motifs is 1. The summed E-state index contributed by atoms with van der Waals surface area (Å²) < 4.78 is 27.9. The monoisotopic (exact) mass is 303 g/mol. The van der Waals surface area contributed by atoms with Crippen LogP contribution in [0.4, 0.5) is 0 Å². The van der Waals surface area contributed by atoms with Gasteiger partial charge < -0.3 is 0 Å². The fourth-order valence-electron chi connectivity index (χ4n) is 3.25. The summed E-state index contributed by atoms with van der Waals surface area (Å²) in [5.74, 6) is 0. The molecule has 0 saturated carbocycles. The molecule has 1 heterocycles. The molecule has 0 bridgehead atoms. The summed E-state index contributed by atoms with van der Waals surface area (Å²) in [5, 5.41) is 1.80. The molecule has 0 radical (unpaired) electrons. The third-order valence-electron chi connectivity index (χ3n) is 4.38. The SMILES string of the molecule is CC[C@H]1CCCCN1S(=O)(=O)c1cccc2ccccc12. The maximum absolute atomic E-state index is 13.1. The third kappa shape index (κ3) is 2.58. The Hall–Kier alpha value is -1.39. The zero-order valence-corrected chi connectivity index (χ0v) is 13.1. The summed E-state index contributed by atoms with van der Waals surface area (Å²) in [7, 11) is -3.42. The molecule has 1 aliphatic rings. The van der Waals surface area contributed by atoms with E-state index in [0.717, 1.165) is 36.5 Å². The van der Waals surface area contributed by atoms with Gasteiger partial charge in [0.2, 0.25) is 10.0 Å². The van der Waals surface area contributed by atoms with Gasteiger partial charge in [0.25, 0.3) is 0 Å². The minimum absolute atomic E-state index is 0.141. The van der Waals surface area contributed by atoms with Crippen molar-refractivity contribution in [3.63, 3.8) is 0 Å². The van der Waals surface area contributed by atoms with E-state index in [1.807, 2.05) is 36.4 Å². The molecule has 4 heteroatoms. The Bertz CT molecular complexity index is 734. The number of nitrogens with zero attached hydrogens (tertiary/aromatic N) is 1. The van der Waals surface area contributed by atoms with E-state index in [2.05, 4.69) is 6.92 Å². The van der Waals surface area contributed by atoms with Gasteiger partial charge in [-0.05, 0) is 30.7 Å². The molecular weight excluding hydrogens is 282 g/mol. The van der Waals surface area contributed by atoms with Crippen LogP contribution in [0.2, 0.25) is 0 Å². The van der Waals surface area contributed by atoms with Gasteiger partial charge in [0.15, 0.2) is 0 Å². The van der Waals surface area contributed by atoms with Crippen LogP contribution in [-0.4, -0.2) is 25.3 Å². The lowest BCUT2D eigenvalue weighted by Gasteiger charge is -2.34. The van der Waals surface area contributed by atoms with Crippen LogP contribution < -0.4 is 0 Å². The van der Waals surface area contributed by atoms with Gasteiger partial charge in [-0.1, -0.05) is 49.7 Å². The molecule has 112 valence electrons. The lowest BCUT2D eigenvalue weighted by molar-refractivity contribution is 0.247. The normalized spacial score (nSPS) is 20.7. The van der Waals surface area contributed by atoms with Crippen molar-refractivity contribution >= 4 is 20.8 Å². The molecule has 3 rings (SSSR count). The number of rotatable bonds is 3. The average molecular weight is 303 g/mol. The summed E-state index contributed by atoms with van der Waals surface area (Å²) in [6.45, 7) is 2.71. The predicted molar refractivity (Wildman–Crippen MR) is 85.8 cm³/mol. The highest BCUT2D eigenvalue weighted by molar-refractivity contribution is 7.89. The van der Waals surface area contributed by atoms with Crippen LogP contribution in [0.3, 0.4) is 0 Å². The highest BCUT2D eigenvalue weighted by Gasteiger charge is 2.33. The highest BCUT2D eigenvalue weighted by Crippen LogP contribution is 2.30. The summed E-state index contributed by atoms with van der Waals surface area (Å²) >= 11 is 0. The molecule has 0 amide bonds. The van der Waals surface area contributed by atoms with Crippen LogP contribution >= 0.6 is 0 Å². The van der Waals surface area contributed by atoms with Gasteiger partial charge in [-0.3, -0.25) is 0 Å². The van der Waals surface area contributed by atoms with Gasteiger partial charge in [-0.15, -0.1) is 0 Å². The van der Waals surface area contributed by atoms with Crippen LogP contribution in [0.1, 0.15) is 32.6 Å². The number of hydrogen-bond donors (Lipinski definition) is 0. The first-order valence-corrected chi connectivity index (χ1v) is 9.08. The van der Waals surface area contributed by atoms with Gasteiger partial charge in [0.05, 0.1) is 4.90 Å². The van der Waals surface area contributed by atoms with Crippen LogP contribution in [0.15, 0.2) is 47.4 Å². The van der Waals surface area contributed by atoms with Crippen molar-refractivity contribution in [2.75, 3.05) is 6.54 Å². The summed E-state index contributed by atoms with van der Waals surface area (Å²) in [6.07, 6.45) is 3.94.